The zero-order valence-electron chi connectivity index (χ0n) is 14.8. The van der Waals surface area contributed by atoms with E-state index in [1.54, 1.807) is 0 Å². The molecule has 0 radical (unpaired) electrons. The smallest absolute Gasteiger partial charge is 0.744 e. The number of thiocarbonyl (C=S) groups is 1. The Bertz CT molecular complexity index is 828. The van der Waals surface area contributed by atoms with Gasteiger partial charge in [-0.25, -0.2) is 8.42 Å². The van der Waals surface area contributed by atoms with Gasteiger partial charge in [0.25, 0.3) is 0 Å². The molecule has 0 atom stereocenters. The van der Waals surface area contributed by atoms with E-state index >= 15 is 0 Å². The van der Waals surface area contributed by atoms with Gasteiger partial charge in [-0.05, 0) is 79.3 Å². The average Bonchev–Trinajstić information content (AvgIpc) is 2.60. The fourth-order valence-electron chi connectivity index (χ4n) is 2.04. The van der Waals surface area contributed by atoms with Crippen molar-refractivity contribution in [1.82, 2.24) is 0 Å². The molecule has 27 heavy (non-hydrogen) atoms. The SMILES string of the molecule is O=S(=O)([O-])c1ccc(NC(=S)Nc2ccc(OCCCCS)cc2)cc1.[Na+]. The largest absolute Gasteiger partial charge is 1.00 e. The Labute approximate surface area is 192 Å². The van der Waals surface area contributed by atoms with Gasteiger partial charge in [-0.3, -0.25) is 0 Å². The van der Waals surface area contributed by atoms with E-state index in [2.05, 4.69) is 23.3 Å². The molecule has 2 aromatic rings. The van der Waals surface area contributed by atoms with Crippen molar-refractivity contribution >= 4 is 51.5 Å². The van der Waals surface area contributed by atoms with Crippen molar-refractivity contribution in [2.24, 2.45) is 0 Å². The van der Waals surface area contributed by atoms with Gasteiger partial charge >= 0.3 is 29.6 Å². The Morgan fingerprint density at radius 3 is 2.00 bits per heavy atom. The Morgan fingerprint density at radius 2 is 1.52 bits per heavy atom. The van der Waals surface area contributed by atoms with Crippen LogP contribution in [0.5, 0.6) is 5.75 Å². The van der Waals surface area contributed by atoms with Crippen LogP contribution in [0.1, 0.15) is 12.8 Å². The number of unbranched alkanes of at least 4 members (excludes halogenated alkanes) is 1. The second kappa shape index (κ2) is 11.9. The molecule has 140 valence electrons. The van der Waals surface area contributed by atoms with Crippen LogP contribution in [0.25, 0.3) is 0 Å². The van der Waals surface area contributed by atoms with Gasteiger partial charge in [0.2, 0.25) is 0 Å². The number of hydrogen-bond acceptors (Lipinski definition) is 6. The van der Waals surface area contributed by atoms with E-state index in [0.29, 0.717) is 17.4 Å². The van der Waals surface area contributed by atoms with Crippen LogP contribution in [0.2, 0.25) is 0 Å². The Kier molecular flexibility index (Phi) is 10.7. The number of ether oxygens (including phenoxy) is 1. The molecule has 6 nitrogen and oxygen atoms in total. The van der Waals surface area contributed by atoms with Crippen LogP contribution in [0, 0.1) is 0 Å². The Morgan fingerprint density at radius 1 is 1.00 bits per heavy atom. The number of hydrogen-bond donors (Lipinski definition) is 3. The second-order valence-corrected chi connectivity index (χ2v) is 7.60. The van der Waals surface area contributed by atoms with Crippen molar-refractivity contribution in [2.75, 3.05) is 23.0 Å². The van der Waals surface area contributed by atoms with Gasteiger partial charge in [-0.15, -0.1) is 0 Å². The van der Waals surface area contributed by atoms with Crippen molar-refractivity contribution in [2.45, 2.75) is 17.7 Å². The van der Waals surface area contributed by atoms with Crippen LogP contribution in [0.3, 0.4) is 0 Å². The summed E-state index contributed by atoms with van der Waals surface area (Å²) in [6.45, 7) is 0.655. The number of anilines is 2. The Hall–Kier alpha value is -0.810. The third-order valence-electron chi connectivity index (χ3n) is 3.33. The molecule has 2 rings (SSSR count). The predicted octanol–water partition coefficient (Wildman–Crippen LogP) is 0.492. The van der Waals surface area contributed by atoms with Gasteiger partial charge in [-0.2, -0.15) is 12.6 Å². The molecule has 0 aromatic heterocycles. The third kappa shape index (κ3) is 8.82. The number of rotatable bonds is 8. The van der Waals surface area contributed by atoms with Gasteiger partial charge in [0.1, 0.15) is 15.9 Å². The Balaban J connectivity index is 0.00000364. The molecular weight excluding hydrogens is 415 g/mol. The molecule has 2 N–H and O–H groups in total. The maximum atomic E-state index is 10.9. The molecule has 0 aliphatic rings. The minimum absolute atomic E-state index is 0. The molecule has 10 heteroatoms. The van der Waals surface area contributed by atoms with Crippen LogP contribution in [0.15, 0.2) is 53.4 Å². The molecule has 2 aromatic carbocycles. The van der Waals surface area contributed by atoms with Crippen molar-refractivity contribution in [3.05, 3.63) is 48.5 Å². The van der Waals surface area contributed by atoms with Crippen molar-refractivity contribution in [1.29, 1.82) is 0 Å². The number of nitrogens with one attached hydrogen (secondary N) is 2. The first-order valence-corrected chi connectivity index (χ1v) is 10.3. The zero-order valence-corrected chi connectivity index (χ0v) is 19.4. The normalized spacial score (nSPS) is 10.6. The molecule has 0 saturated carbocycles. The second-order valence-electron chi connectivity index (χ2n) is 5.36. The minimum Gasteiger partial charge on any atom is -0.744 e. The van der Waals surface area contributed by atoms with Gasteiger partial charge in [-0.1, -0.05) is 0 Å². The maximum absolute atomic E-state index is 10.9. The maximum Gasteiger partial charge on any atom is 1.00 e. The summed E-state index contributed by atoms with van der Waals surface area (Å²) in [7, 11) is -4.45. The summed E-state index contributed by atoms with van der Waals surface area (Å²) in [5, 5.41) is 6.27. The monoisotopic (exact) mass is 434 g/mol. The van der Waals surface area contributed by atoms with Gasteiger partial charge in [0.15, 0.2) is 5.11 Å². The summed E-state index contributed by atoms with van der Waals surface area (Å²) >= 11 is 9.37. The standard InChI is InChI=1S/C17H20N2O4S3.Na/c20-26(21,22)16-9-5-14(6-10-16)19-17(25)18-13-3-7-15(8-4-13)23-11-1-2-12-24;/h3-10,24H,1-2,11-12H2,(H2,18,19,25)(H,20,21,22);/q;+1/p-1. The molecule has 0 heterocycles. The molecule has 0 spiro atoms. The molecule has 0 aliphatic heterocycles. The topological polar surface area (TPSA) is 90.5 Å². The van der Waals surface area contributed by atoms with Gasteiger partial charge in [0.05, 0.1) is 11.5 Å². The van der Waals surface area contributed by atoms with E-state index in [0.717, 1.165) is 30.0 Å². The molecule has 0 saturated heterocycles. The average molecular weight is 435 g/mol. The first kappa shape index (κ1) is 24.2. The van der Waals surface area contributed by atoms with Crippen LogP contribution < -0.4 is 44.9 Å². The molecule has 0 amide bonds. The van der Waals surface area contributed by atoms with E-state index in [4.69, 9.17) is 17.0 Å². The summed E-state index contributed by atoms with van der Waals surface area (Å²) < 4.78 is 38.3. The summed E-state index contributed by atoms with van der Waals surface area (Å²) in [4.78, 5) is -0.285. The summed E-state index contributed by atoms with van der Waals surface area (Å²) in [6.07, 6.45) is 1.98. The molecule has 0 bridgehead atoms. The van der Waals surface area contributed by atoms with Crippen LogP contribution in [-0.2, 0) is 10.1 Å². The molecular formula is C17H19N2NaO4S3. The van der Waals surface area contributed by atoms with Crippen LogP contribution in [0.4, 0.5) is 11.4 Å². The van der Waals surface area contributed by atoms with E-state index in [9.17, 15) is 13.0 Å². The molecule has 0 aliphatic carbocycles. The zero-order chi connectivity index (χ0) is 19.0. The van der Waals surface area contributed by atoms with E-state index in [-0.39, 0.29) is 34.5 Å². The third-order valence-corrected chi connectivity index (χ3v) is 4.70. The molecule has 0 fully saturated rings. The fourth-order valence-corrected chi connectivity index (χ4v) is 2.97. The van der Waals surface area contributed by atoms with Crippen LogP contribution >= 0.6 is 24.8 Å². The quantitative estimate of drug-likeness (QED) is 0.183. The minimum atomic E-state index is -4.45. The summed E-state index contributed by atoms with van der Waals surface area (Å²) in [6, 6.07) is 12.8. The summed E-state index contributed by atoms with van der Waals surface area (Å²) in [5.41, 5.74) is 1.35. The van der Waals surface area contributed by atoms with Crippen molar-refractivity contribution in [3.8, 4) is 5.75 Å². The summed E-state index contributed by atoms with van der Waals surface area (Å²) in [5.74, 6) is 1.63. The van der Waals surface area contributed by atoms with E-state index in [1.807, 2.05) is 24.3 Å². The first-order valence-electron chi connectivity index (χ1n) is 7.86. The van der Waals surface area contributed by atoms with Gasteiger partial charge in [0, 0.05) is 11.4 Å². The van der Waals surface area contributed by atoms with Crippen LogP contribution in [-0.4, -0.2) is 30.4 Å². The van der Waals surface area contributed by atoms with Crippen molar-refractivity contribution < 1.29 is 47.3 Å². The van der Waals surface area contributed by atoms with E-state index < -0.39 is 10.1 Å². The van der Waals surface area contributed by atoms with Crippen molar-refractivity contribution in [3.63, 3.8) is 0 Å². The van der Waals surface area contributed by atoms with E-state index in [1.165, 1.54) is 24.3 Å². The number of benzene rings is 2. The van der Waals surface area contributed by atoms with Gasteiger partial charge < -0.3 is 19.9 Å². The predicted molar refractivity (Wildman–Crippen MR) is 109 cm³/mol. The fraction of sp³-hybridized carbons (Fsp3) is 0.235. The first-order chi connectivity index (χ1) is 12.4. The molecule has 0 unspecified atom stereocenters. The number of thiol groups is 1.